The van der Waals surface area contributed by atoms with E-state index < -0.39 is 0 Å². The Morgan fingerprint density at radius 2 is 1.96 bits per heavy atom. The predicted octanol–water partition coefficient (Wildman–Crippen LogP) is 2.83. The fraction of sp³-hybridized carbons (Fsp3) is 0.250. The van der Waals surface area contributed by atoms with Crippen LogP contribution in [0.2, 0.25) is 0 Å². The molecule has 3 aromatic heterocycles. The van der Waals surface area contributed by atoms with Gasteiger partial charge in [-0.1, -0.05) is 0 Å². The van der Waals surface area contributed by atoms with Crippen molar-refractivity contribution in [3.8, 4) is 23.1 Å². The van der Waals surface area contributed by atoms with E-state index in [4.69, 9.17) is 5.26 Å². The maximum absolute atomic E-state index is 12.9. The van der Waals surface area contributed by atoms with Gasteiger partial charge in [0.05, 0.1) is 28.8 Å². The van der Waals surface area contributed by atoms with Crippen molar-refractivity contribution in [3.63, 3.8) is 0 Å². The smallest absolute Gasteiger partial charge is 0.274 e. The molecule has 0 aromatic carbocycles. The minimum absolute atomic E-state index is 0.0627. The van der Waals surface area contributed by atoms with Gasteiger partial charge in [0.15, 0.2) is 5.69 Å². The van der Waals surface area contributed by atoms with Crippen molar-refractivity contribution in [2.45, 2.75) is 19.3 Å². The highest BCUT2D eigenvalue weighted by molar-refractivity contribution is 5.93. The van der Waals surface area contributed by atoms with Crippen LogP contribution < -0.4 is 0 Å². The van der Waals surface area contributed by atoms with Crippen molar-refractivity contribution >= 4 is 5.91 Å². The third-order valence-electron chi connectivity index (χ3n) is 4.62. The summed E-state index contributed by atoms with van der Waals surface area (Å²) in [6.45, 7) is 1.53. The van der Waals surface area contributed by atoms with Crippen LogP contribution in [0.1, 0.15) is 35.3 Å². The summed E-state index contributed by atoms with van der Waals surface area (Å²) in [5.74, 6) is -0.0627. The Balaban J connectivity index is 1.77. The topological polar surface area (TPSA) is 87.7 Å². The fourth-order valence-electron chi connectivity index (χ4n) is 3.21. The van der Waals surface area contributed by atoms with Gasteiger partial charge in [0.1, 0.15) is 6.07 Å². The number of aromatic nitrogens is 4. The molecule has 0 N–H and O–H groups in total. The van der Waals surface area contributed by atoms with Crippen molar-refractivity contribution in [1.82, 2.24) is 24.6 Å². The van der Waals surface area contributed by atoms with Crippen LogP contribution in [0.4, 0.5) is 0 Å². The molecule has 0 aliphatic carbocycles. The molecule has 134 valence electrons. The van der Waals surface area contributed by atoms with Gasteiger partial charge in [0.25, 0.3) is 5.91 Å². The molecule has 0 atom stereocenters. The van der Waals surface area contributed by atoms with Gasteiger partial charge in [-0.05, 0) is 49.6 Å². The second kappa shape index (κ2) is 7.38. The first-order valence-corrected chi connectivity index (χ1v) is 8.92. The number of amides is 1. The van der Waals surface area contributed by atoms with E-state index >= 15 is 0 Å². The molecule has 1 aliphatic rings. The summed E-state index contributed by atoms with van der Waals surface area (Å²) in [5, 5.41) is 13.5. The number of nitrogens with zero attached hydrogens (tertiary/aromatic N) is 6. The molecule has 1 fully saturated rings. The molecule has 1 aliphatic heterocycles. The van der Waals surface area contributed by atoms with Crippen molar-refractivity contribution < 1.29 is 4.79 Å². The van der Waals surface area contributed by atoms with E-state index in [0.29, 0.717) is 22.6 Å². The average Bonchev–Trinajstić information content (AvgIpc) is 3.20. The Bertz CT molecular complexity index is 982. The minimum atomic E-state index is -0.0627. The van der Waals surface area contributed by atoms with E-state index in [1.165, 1.54) is 6.20 Å². The van der Waals surface area contributed by atoms with Gasteiger partial charge in [-0.2, -0.15) is 10.4 Å². The largest absolute Gasteiger partial charge is 0.337 e. The fourth-order valence-corrected chi connectivity index (χ4v) is 3.21. The van der Waals surface area contributed by atoms with E-state index in [2.05, 4.69) is 21.1 Å². The second-order valence-corrected chi connectivity index (χ2v) is 6.43. The summed E-state index contributed by atoms with van der Waals surface area (Å²) >= 11 is 0. The Hall–Kier alpha value is -3.53. The highest BCUT2D eigenvalue weighted by atomic mass is 16.2. The van der Waals surface area contributed by atoms with Gasteiger partial charge in [-0.25, -0.2) is 4.68 Å². The number of hydrogen-bond acceptors (Lipinski definition) is 5. The molecule has 0 bridgehead atoms. The first-order chi connectivity index (χ1) is 13.3. The molecule has 0 radical (unpaired) electrons. The van der Waals surface area contributed by atoms with E-state index in [1.807, 2.05) is 17.0 Å². The molecule has 0 unspecified atom stereocenters. The van der Waals surface area contributed by atoms with Crippen LogP contribution in [-0.4, -0.2) is 43.6 Å². The van der Waals surface area contributed by atoms with Crippen LogP contribution in [0, 0.1) is 11.3 Å². The number of nitriles is 1. The van der Waals surface area contributed by atoms with Gasteiger partial charge < -0.3 is 4.90 Å². The van der Waals surface area contributed by atoms with Gasteiger partial charge in [-0.3, -0.25) is 14.8 Å². The predicted molar refractivity (Wildman–Crippen MR) is 99.1 cm³/mol. The Morgan fingerprint density at radius 3 is 2.63 bits per heavy atom. The van der Waals surface area contributed by atoms with Crippen LogP contribution in [-0.2, 0) is 0 Å². The van der Waals surface area contributed by atoms with Crippen LogP contribution in [0.5, 0.6) is 0 Å². The third kappa shape index (κ3) is 3.42. The van der Waals surface area contributed by atoms with E-state index in [1.54, 1.807) is 35.3 Å². The Kier molecular flexibility index (Phi) is 4.62. The van der Waals surface area contributed by atoms with Crippen LogP contribution in [0.3, 0.4) is 0 Å². The maximum atomic E-state index is 12.9. The summed E-state index contributed by atoms with van der Waals surface area (Å²) in [4.78, 5) is 23.3. The monoisotopic (exact) mass is 358 g/mol. The summed E-state index contributed by atoms with van der Waals surface area (Å²) in [6.07, 6.45) is 8.11. The molecule has 1 amide bonds. The van der Waals surface area contributed by atoms with Crippen molar-refractivity contribution in [2.75, 3.05) is 13.1 Å². The van der Waals surface area contributed by atoms with Gasteiger partial charge in [-0.15, -0.1) is 0 Å². The molecule has 0 saturated carbocycles. The standard InChI is InChI=1S/C20H18N6O/c21-12-15-6-7-17(23-13-15)19-11-18(20(27)25-9-2-1-3-10-25)24-26(19)16-5-4-8-22-14-16/h4-8,11,13-14H,1-3,9-10H2. The molecule has 7 heteroatoms. The highest BCUT2D eigenvalue weighted by Crippen LogP contribution is 2.23. The molecule has 4 rings (SSSR count). The summed E-state index contributed by atoms with van der Waals surface area (Å²) in [7, 11) is 0. The number of likely N-dealkylation sites (tertiary alicyclic amines) is 1. The minimum Gasteiger partial charge on any atom is -0.337 e. The lowest BCUT2D eigenvalue weighted by Gasteiger charge is -2.25. The molecule has 4 heterocycles. The van der Waals surface area contributed by atoms with Gasteiger partial charge in [0.2, 0.25) is 0 Å². The zero-order valence-electron chi connectivity index (χ0n) is 14.7. The van der Waals surface area contributed by atoms with Gasteiger partial charge in [0, 0.05) is 25.5 Å². The van der Waals surface area contributed by atoms with E-state index in [9.17, 15) is 4.79 Å². The van der Waals surface area contributed by atoms with Gasteiger partial charge >= 0.3 is 0 Å². The van der Waals surface area contributed by atoms with Crippen LogP contribution in [0.25, 0.3) is 17.1 Å². The molecule has 3 aromatic rings. The van der Waals surface area contributed by atoms with E-state index in [0.717, 1.165) is 38.0 Å². The third-order valence-corrected chi connectivity index (χ3v) is 4.62. The number of piperidine rings is 1. The summed E-state index contributed by atoms with van der Waals surface area (Å²) in [5.41, 5.74) is 2.95. The average molecular weight is 358 g/mol. The SMILES string of the molecule is N#Cc1ccc(-c2cc(C(=O)N3CCCCC3)nn2-c2cccnc2)nc1. The zero-order valence-corrected chi connectivity index (χ0v) is 14.7. The first kappa shape index (κ1) is 16.9. The van der Waals surface area contributed by atoms with Crippen molar-refractivity contribution in [1.29, 1.82) is 5.26 Å². The number of carbonyl (C=O) groups excluding carboxylic acids is 1. The normalized spacial score (nSPS) is 14.0. The molecular formula is C20H18N6O. The lowest BCUT2D eigenvalue weighted by atomic mass is 10.1. The quantitative estimate of drug-likeness (QED) is 0.718. The maximum Gasteiger partial charge on any atom is 0.274 e. The Labute approximate surface area is 156 Å². The van der Waals surface area contributed by atoms with E-state index in [-0.39, 0.29) is 5.91 Å². The number of pyridine rings is 2. The molecular weight excluding hydrogens is 340 g/mol. The molecule has 7 nitrogen and oxygen atoms in total. The number of carbonyl (C=O) groups is 1. The molecule has 27 heavy (non-hydrogen) atoms. The second-order valence-electron chi connectivity index (χ2n) is 6.43. The summed E-state index contributed by atoms with van der Waals surface area (Å²) in [6, 6.07) is 11.0. The molecule has 0 spiro atoms. The first-order valence-electron chi connectivity index (χ1n) is 8.92. The van der Waals surface area contributed by atoms with Crippen molar-refractivity contribution in [2.24, 2.45) is 0 Å². The Morgan fingerprint density at radius 1 is 1.11 bits per heavy atom. The lowest BCUT2D eigenvalue weighted by Crippen LogP contribution is -2.35. The number of hydrogen-bond donors (Lipinski definition) is 0. The number of rotatable bonds is 3. The zero-order chi connectivity index (χ0) is 18.6. The molecule has 1 saturated heterocycles. The lowest BCUT2D eigenvalue weighted by molar-refractivity contribution is 0.0718. The summed E-state index contributed by atoms with van der Waals surface area (Å²) < 4.78 is 1.68. The van der Waals surface area contributed by atoms with Crippen molar-refractivity contribution in [3.05, 3.63) is 60.2 Å². The van der Waals surface area contributed by atoms with Crippen LogP contribution in [0.15, 0.2) is 48.9 Å². The van der Waals surface area contributed by atoms with Crippen LogP contribution >= 0.6 is 0 Å². The highest BCUT2D eigenvalue weighted by Gasteiger charge is 2.23.